The quantitative estimate of drug-likeness (QED) is 0.709. The molecule has 0 aliphatic heterocycles. The third kappa shape index (κ3) is 2.67. The SMILES string of the molecule is CCO[C@@H]1C=CC(C)(C)CC(=O)[C@@]1(C)O. The van der Waals surface area contributed by atoms with Crippen LogP contribution in [0.5, 0.6) is 0 Å². The first kappa shape index (κ1) is 12.4. The third-order valence-corrected chi connectivity index (χ3v) is 2.80. The molecule has 0 spiro atoms. The van der Waals surface area contributed by atoms with Gasteiger partial charge >= 0.3 is 0 Å². The summed E-state index contributed by atoms with van der Waals surface area (Å²) >= 11 is 0. The third-order valence-electron chi connectivity index (χ3n) is 2.80. The largest absolute Gasteiger partial charge is 0.379 e. The van der Waals surface area contributed by atoms with E-state index in [1.807, 2.05) is 26.8 Å². The molecule has 3 heteroatoms. The van der Waals surface area contributed by atoms with Crippen molar-refractivity contribution >= 4 is 5.78 Å². The Bertz CT molecular complexity index is 277. The molecule has 1 aliphatic carbocycles. The second-order valence-corrected chi connectivity index (χ2v) is 4.97. The van der Waals surface area contributed by atoms with Crippen molar-refractivity contribution in [2.75, 3.05) is 6.61 Å². The van der Waals surface area contributed by atoms with Gasteiger partial charge in [0, 0.05) is 13.0 Å². The minimum Gasteiger partial charge on any atom is -0.379 e. The Kier molecular flexibility index (Phi) is 3.36. The van der Waals surface area contributed by atoms with Gasteiger partial charge in [0.2, 0.25) is 0 Å². The van der Waals surface area contributed by atoms with Gasteiger partial charge in [0.05, 0.1) is 0 Å². The van der Waals surface area contributed by atoms with Gasteiger partial charge in [-0.2, -0.15) is 0 Å². The molecule has 0 fully saturated rings. The number of rotatable bonds is 2. The van der Waals surface area contributed by atoms with E-state index in [0.29, 0.717) is 13.0 Å². The van der Waals surface area contributed by atoms with Crippen LogP contribution in [0.25, 0.3) is 0 Å². The molecular weight excluding hydrogens is 192 g/mol. The fraction of sp³-hybridized carbons (Fsp3) is 0.750. The average Bonchev–Trinajstić information content (AvgIpc) is 2.16. The molecule has 0 saturated carbocycles. The standard InChI is InChI=1S/C12H20O3/c1-5-15-10-6-7-11(2,3)8-9(13)12(10,4)14/h6-7,10,14H,5,8H2,1-4H3/t10-,12-/m1/s1. The molecule has 0 saturated heterocycles. The van der Waals surface area contributed by atoms with Crippen molar-refractivity contribution in [1.82, 2.24) is 0 Å². The molecule has 2 atom stereocenters. The molecule has 0 bridgehead atoms. The van der Waals surface area contributed by atoms with Crippen molar-refractivity contribution in [2.24, 2.45) is 5.41 Å². The van der Waals surface area contributed by atoms with Gasteiger partial charge in [-0.05, 0) is 19.3 Å². The monoisotopic (exact) mass is 212 g/mol. The van der Waals surface area contributed by atoms with E-state index in [1.54, 1.807) is 6.08 Å². The van der Waals surface area contributed by atoms with E-state index >= 15 is 0 Å². The predicted molar refractivity (Wildman–Crippen MR) is 58.6 cm³/mol. The van der Waals surface area contributed by atoms with Crippen molar-refractivity contribution in [1.29, 1.82) is 0 Å². The van der Waals surface area contributed by atoms with E-state index in [1.165, 1.54) is 6.92 Å². The molecule has 15 heavy (non-hydrogen) atoms. The zero-order valence-electron chi connectivity index (χ0n) is 9.91. The Labute approximate surface area is 91.1 Å². The number of carbonyl (C=O) groups excluding carboxylic acids is 1. The summed E-state index contributed by atoms with van der Waals surface area (Å²) in [6.07, 6.45) is 3.57. The number of Topliss-reactive ketones (excluding diaryl/α,β-unsaturated/α-hetero) is 1. The first-order valence-electron chi connectivity index (χ1n) is 5.36. The van der Waals surface area contributed by atoms with Crippen molar-refractivity contribution in [3.63, 3.8) is 0 Å². The van der Waals surface area contributed by atoms with Crippen LogP contribution in [0.15, 0.2) is 12.2 Å². The van der Waals surface area contributed by atoms with E-state index in [0.717, 1.165) is 0 Å². The van der Waals surface area contributed by atoms with Gasteiger partial charge in [-0.3, -0.25) is 4.79 Å². The molecule has 1 rings (SSSR count). The second kappa shape index (κ2) is 4.06. The second-order valence-electron chi connectivity index (χ2n) is 4.97. The molecule has 0 radical (unpaired) electrons. The van der Waals surface area contributed by atoms with Crippen LogP contribution in [0.4, 0.5) is 0 Å². The van der Waals surface area contributed by atoms with Crippen molar-refractivity contribution in [3.05, 3.63) is 12.2 Å². The summed E-state index contributed by atoms with van der Waals surface area (Å²) in [7, 11) is 0. The van der Waals surface area contributed by atoms with E-state index in [2.05, 4.69) is 0 Å². The van der Waals surface area contributed by atoms with Gasteiger partial charge in [0.1, 0.15) is 11.7 Å². The van der Waals surface area contributed by atoms with Crippen LogP contribution in [0, 0.1) is 5.41 Å². The summed E-state index contributed by atoms with van der Waals surface area (Å²) in [4.78, 5) is 11.9. The first-order valence-corrected chi connectivity index (χ1v) is 5.36. The molecule has 3 nitrogen and oxygen atoms in total. The zero-order chi connectivity index (χ0) is 11.7. The van der Waals surface area contributed by atoms with Gasteiger partial charge in [0.15, 0.2) is 5.78 Å². The lowest BCUT2D eigenvalue weighted by Crippen LogP contribution is -2.47. The number of carbonyl (C=O) groups is 1. The van der Waals surface area contributed by atoms with Gasteiger partial charge < -0.3 is 9.84 Å². The molecule has 0 heterocycles. The van der Waals surface area contributed by atoms with Gasteiger partial charge in [0.25, 0.3) is 0 Å². The Balaban J connectivity index is 2.99. The van der Waals surface area contributed by atoms with Crippen LogP contribution in [0.2, 0.25) is 0 Å². The summed E-state index contributed by atoms with van der Waals surface area (Å²) in [6, 6.07) is 0. The zero-order valence-corrected chi connectivity index (χ0v) is 9.91. The van der Waals surface area contributed by atoms with Crippen molar-refractivity contribution < 1.29 is 14.6 Å². The van der Waals surface area contributed by atoms with Gasteiger partial charge in [-0.1, -0.05) is 26.0 Å². The van der Waals surface area contributed by atoms with Crippen LogP contribution in [-0.2, 0) is 9.53 Å². The number of hydrogen-bond donors (Lipinski definition) is 1. The lowest BCUT2D eigenvalue weighted by atomic mass is 9.85. The first-order chi connectivity index (χ1) is 6.79. The topological polar surface area (TPSA) is 46.5 Å². The molecule has 1 N–H and O–H groups in total. The number of ether oxygens (including phenoxy) is 1. The summed E-state index contributed by atoms with van der Waals surface area (Å²) < 4.78 is 5.38. The summed E-state index contributed by atoms with van der Waals surface area (Å²) in [5, 5.41) is 10.1. The minimum atomic E-state index is -1.40. The highest BCUT2D eigenvalue weighted by molar-refractivity contribution is 5.88. The van der Waals surface area contributed by atoms with Crippen molar-refractivity contribution in [2.45, 2.75) is 45.8 Å². The normalized spacial score (nSPS) is 35.3. The van der Waals surface area contributed by atoms with Crippen molar-refractivity contribution in [3.8, 4) is 0 Å². The number of allylic oxidation sites excluding steroid dienone is 1. The maximum atomic E-state index is 11.9. The van der Waals surface area contributed by atoms with E-state index in [9.17, 15) is 9.90 Å². The Morgan fingerprint density at radius 1 is 1.53 bits per heavy atom. The summed E-state index contributed by atoms with van der Waals surface area (Å²) in [5.74, 6) is -0.157. The molecule has 1 aliphatic rings. The minimum absolute atomic E-state index is 0.157. The molecule has 0 amide bonds. The smallest absolute Gasteiger partial charge is 0.167 e. The molecule has 0 aromatic rings. The highest BCUT2D eigenvalue weighted by Crippen LogP contribution is 2.32. The highest BCUT2D eigenvalue weighted by atomic mass is 16.5. The van der Waals surface area contributed by atoms with Crippen LogP contribution in [0.1, 0.15) is 34.1 Å². The van der Waals surface area contributed by atoms with Crippen LogP contribution in [-0.4, -0.2) is 29.2 Å². The fourth-order valence-corrected chi connectivity index (χ4v) is 1.74. The number of ketones is 1. The maximum absolute atomic E-state index is 11.9. The Morgan fingerprint density at radius 2 is 2.13 bits per heavy atom. The van der Waals surface area contributed by atoms with Crippen LogP contribution in [0.3, 0.4) is 0 Å². The number of hydrogen-bond acceptors (Lipinski definition) is 3. The number of aliphatic hydroxyl groups is 1. The van der Waals surface area contributed by atoms with Gasteiger partial charge in [-0.25, -0.2) is 0 Å². The predicted octanol–water partition coefficient (Wildman–Crippen LogP) is 1.70. The maximum Gasteiger partial charge on any atom is 0.167 e. The Morgan fingerprint density at radius 3 is 2.67 bits per heavy atom. The van der Waals surface area contributed by atoms with E-state index < -0.39 is 11.7 Å². The lowest BCUT2D eigenvalue weighted by molar-refractivity contribution is -0.148. The fourth-order valence-electron chi connectivity index (χ4n) is 1.74. The van der Waals surface area contributed by atoms with Crippen LogP contribution < -0.4 is 0 Å². The average molecular weight is 212 g/mol. The van der Waals surface area contributed by atoms with E-state index in [-0.39, 0.29) is 11.2 Å². The molecule has 86 valence electrons. The molecule has 0 unspecified atom stereocenters. The Hall–Kier alpha value is -0.670. The lowest BCUT2D eigenvalue weighted by Gasteiger charge is -2.28. The highest BCUT2D eigenvalue weighted by Gasteiger charge is 2.42. The summed E-state index contributed by atoms with van der Waals surface area (Å²) in [6.45, 7) is 7.82. The van der Waals surface area contributed by atoms with Crippen LogP contribution >= 0.6 is 0 Å². The molecule has 0 aromatic heterocycles. The summed E-state index contributed by atoms with van der Waals surface area (Å²) in [5.41, 5.74) is -1.60. The molecule has 0 aromatic carbocycles. The molecular formula is C12H20O3. The van der Waals surface area contributed by atoms with E-state index in [4.69, 9.17) is 4.74 Å². The van der Waals surface area contributed by atoms with Gasteiger partial charge in [-0.15, -0.1) is 0 Å².